The van der Waals surface area contributed by atoms with Crippen molar-refractivity contribution in [2.45, 2.75) is 13.0 Å². The highest BCUT2D eigenvalue weighted by Crippen LogP contribution is 2.18. The largest absolute Gasteiger partial charge is 0.490 e. The SMILES string of the molecule is CNCc1ccc(OCCC(=O)N(C)C)c(F)c1. The van der Waals surface area contributed by atoms with E-state index >= 15 is 0 Å². The Kier molecular flexibility index (Phi) is 5.58. The molecule has 0 fully saturated rings. The average Bonchev–Trinajstić information content (AvgIpc) is 2.32. The molecule has 0 saturated heterocycles. The minimum atomic E-state index is -0.403. The lowest BCUT2D eigenvalue weighted by Crippen LogP contribution is -2.23. The van der Waals surface area contributed by atoms with Crippen molar-refractivity contribution >= 4 is 5.91 Å². The van der Waals surface area contributed by atoms with Crippen LogP contribution in [-0.4, -0.2) is 38.6 Å². The van der Waals surface area contributed by atoms with Crippen molar-refractivity contribution in [3.63, 3.8) is 0 Å². The highest BCUT2D eigenvalue weighted by molar-refractivity contribution is 5.75. The zero-order chi connectivity index (χ0) is 13.5. The molecule has 1 amide bonds. The van der Waals surface area contributed by atoms with Crippen LogP contribution in [0.4, 0.5) is 4.39 Å². The second-order valence-corrected chi connectivity index (χ2v) is 4.18. The summed E-state index contributed by atoms with van der Waals surface area (Å²) in [5, 5.41) is 2.94. The fourth-order valence-electron chi connectivity index (χ4n) is 1.45. The number of amides is 1. The molecule has 1 aromatic rings. The Labute approximate surface area is 107 Å². The van der Waals surface area contributed by atoms with Crippen molar-refractivity contribution in [1.82, 2.24) is 10.2 Å². The first-order valence-electron chi connectivity index (χ1n) is 5.80. The third-order valence-electron chi connectivity index (χ3n) is 2.45. The summed E-state index contributed by atoms with van der Waals surface area (Å²) < 4.78 is 18.9. The predicted molar refractivity (Wildman–Crippen MR) is 68.0 cm³/mol. The van der Waals surface area contributed by atoms with Crippen LogP contribution in [0.3, 0.4) is 0 Å². The molecule has 1 rings (SSSR count). The van der Waals surface area contributed by atoms with Gasteiger partial charge in [-0.15, -0.1) is 0 Å². The fourth-order valence-corrected chi connectivity index (χ4v) is 1.45. The second-order valence-electron chi connectivity index (χ2n) is 4.18. The number of hydrogen-bond donors (Lipinski definition) is 1. The van der Waals surface area contributed by atoms with E-state index in [-0.39, 0.29) is 24.7 Å². The van der Waals surface area contributed by atoms with E-state index in [1.807, 2.05) is 0 Å². The zero-order valence-electron chi connectivity index (χ0n) is 11.0. The Morgan fingerprint density at radius 3 is 2.72 bits per heavy atom. The fraction of sp³-hybridized carbons (Fsp3) is 0.462. The summed E-state index contributed by atoms with van der Waals surface area (Å²) in [7, 11) is 5.15. The first-order chi connectivity index (χ1) is 8.54. The van der Waals surface area contributed by atoms with Crippen LogP contribution >= 0.6 is 0 Å². The Balaban J connectivity index is 2.50. The van der Waals surface area contributed by atoms with Crippen LogP contribution in [0.2, 0.25) is 0 Å². The normalized spacial score (nSPS) is 10.2. The highest BCUT2D eigenvalue weighted by Gasteiger charge is 2.07. The Hall–Kier alpha value is -1.62. The van der Waals surface area contributed by atoms with Crippen LogP contribution in [0, 0.1) is 5.82 Å². The first kappa shape index (κ1) is 14.4. The van der Waals surface area contributed by atoms with Crippen LogP contribution in [0.25, 0.3) is 0 Å². The van der Waals surface area contributed by atoms with Gasteiger partial charge in [0, 0.05) is 20.6 Å². The lowest BCUT2D eigenvalue weighted by Gasteiger charge is -2.11. The number of hydrogen-bond acceptors (Lipinski definition) is 3. The molecule has 18 heavy (non-hydrogen) atoms. The van der Waals surface area contributed by atoms with Gasteiger partial charge in [0.15, 0.2) is 11.6 Å². The van der Waals surface area contributed by atoms with Crippen LogP contribution in [0.1, 0.15) is 12.0 Å². The van der Waals surface area contributed by atoms with Crippen molar-refractivity contribution in [3.05, 3.63) is 29.6 Å². The number of ether oxygens (including phenoxy) is 1. The molecule has 0 aromatic heterocycles. The zero-order valence-corrected chi connectivity index (χ0v) is 11.0. The molecule has 100 valence electrons. The van der Waals surface area contributed by atoms with Crippen molar-refractivity contribution in [2.75, 3.05) is 27.7 Å². The van der Waals surface area contributed by atoms with Gasteiger partial charge in [0.1, 0.15) is 0 Å². The monoisotopic (exact) mass is 254 g/mol. The summed E-state index contributed by atoms with van der Waals surface area (Å²) in [4.78, 5) is 12.8. The molecule has 0 atom stereocenters. The van der Waals surface area contributed by atoms with Crippen LogP contribution in [0.5, 0.6) is 5.75 Å². The quantitative estimate of drug-likeness (QED) is 0.834. The topological polar surface area (TPSA) is 41.6 Å². The smallest absolute Gasteiger partial charge is 0.225 e. The summed E-state index contributed by atoms with van der Waals surface area (Å²) in [5.74, 6) is -0.260. The third-order valence-corrected chi connectivity index (χ3v) is 2.45. The van der Waals surface area contributed by atoms with Gasteiger partial charge in [0.2, 0.25) is 5.91 Å². The molecule has 1 aromatic carbocycles. The van der Waals surface area contributed by atoms with E-state index in [1.54, 1.807) is 33.3 Å². The predicted octanol–water partition coefficient (Wildman–Crippen LogP) is 1.40. The number of carbonyl (C=O) groups excluding carboxylic acids is 1. The Bertz CT molecular complexity index is 408. The molecule has 0 bridgehead atoms. The minimum Gasteiger partial charge on any atom is -0.490 e. The molecular formula is C13H19FN2O2. The molecule has 4 nitrogen and oxygen atoms in total. The summed E-state index contributed by atoms with van der Waals surface area (Å²) >= 11 is 0. The molecule has 1 N–H and O–H groups in total. The van der Waals surface area contributed by atoms with Gasteiger partial charge in [-0.3, -0.25) is 4.79 Å². The van der Waals surface area contributed by atoms with Crippen molar-refractivity contribution in [1.29, 1.82) is 0 Å². The van der Waals surface area contributed by atoms with Gasteiger partial charge in [-0.25, -0.2) is 4.39 Å². The van der Waals surface area contributed by atoms with Gasteiger partial charge in [-0.2, -0.15) is 0 Å². The lowest BCUT2D eigenvalue weighted by molar-refractivity contribution is -0.129. The molecule has 0 heterocycles. The van der Waals surface area contributed by atoms with E-state index in [9.17, 15) is 9.18 Å². The molecular weight excluding hydrogens is 235 g/mol. The summed E-state index contributed by atoms with van der Waals surface area (Å²) in [6.45, 7) is 0.787. The maximum atomic E-state index is 13.6. The van der Waals surface area contributed by atoms with Gasteiger partial charge in [-0.05, 0) is 24.7 Å². The van der Waals surface area contributed by atoms with Gasteiger partial charge in [-0.1, -0.05) is 6.07 Å². The Morgan fingerprint density at radius 1 is 1.44 bits per heavy atom. The average molecular weight is 254 g/mol. The van der Waals surface area contributed by atoms with Gasteiger partial charge < -0.3 is 15.0 Å². The molecule has 0 radical (unpaired) electrons. The third kappa shape index (κ3) is 4.33. The van der Waals surface area contributed by atoms with E-state index in [4.69, 9.17) is 4.74 Å². The molecule has 5 heteroatoms. The van der Waals surface area contributed by atoms with E-state index in [1.165, 1.54) is 11.0 Å². The summed E-state index contributed by atoms with van der Waals surface area (Å²) in [6, 6.07) is 4.81. The number of nitrogens with zero attached hydrogens (tertiary/aromatic N) is 1. The maximum absolute atomic E-state index is 13.6. The molecule has 0 aliphatic carbocycles. The second kappa shape index (κ2) is 6.96. The van der Waals surface area contributed by atoms with Crippen molar-refractivity contribution in [2.24, 2.45) is 0 Å². The molecule has 0 saturated carbocycles. The van der Waals surface area contributed by atoms with E-state index in [2.05, 4.69) is 5.32 Å². The maximum Gasteiger partial charge on any atom is 0.225 e. The van der Waals surface area contributed by atoms with Gasteiger partial charge in [0.05, 0.1) is 13.0 Å². The number of benzene rings is 1. The number of halogens is 1. The molecule has 0 spiro atoms. The van der Waals surface area contributed by atoms with Gasteiger partial charge in [0.25, 0.3) is 0 Å². The van der Waals surface area contributed by atoms with Crippen LogP contribution in [-0.2, 0) is 11.3 Å². The standard InChI is InChI=1S/C13H19FN2O2/c1-15-9-10-4-5-12(11(14)8-10)18-7-6-13(17)16(2)3/h4-5,8,15H,6-7,9H2,1-3H3. The molecule has 0 aliphatic rings. The number of rotatable bonds is 6. The van der Waals surface area contributed by atoms with Crippen molar-refractivity contribution in [3.8, 4) is 5.75 Å². The van der Waals surface area contributed by atoms with E-state index in [0.717, 1.165) is 5.56 Å². The molecule has 0 unspecified atom stereocenters. The van der Waals surface area contributed by atoms with Crippen molar-refractivity contribution < 1.29 is 13.9 Å². The number of carbonyl (C=O) groups is 1. The lowest BCUT2D eigenvalue weighted by atomic mass is 10.2. The highest BCUT2D eigenvalue weighted by atomic mass is 19.1. The van der Waals surface area contributed by atoms with Crippen LogP contribution in [0.15, 0.2) is 18.2 Å². The summed E-state index contributed by atoms with van der Waals surface area (Å²) in [6.07, 6.45) is 0.241. The summed E-state index contributed by atoms with van der Waals surface area (Å²) in [5.41, 5.74) is 0.853. The molecule has 0 aliphatic heterocycles. The van der Waals surface area contributed by atoms with E-state index in [0.29, 0.717) is 6.54 Å². The van der Waals surface area contributed by atoms with Gasteiger partial charge >= 0.3 is 0 Å². The number of nitrogens with one attached hydrogen (secondary N) is 1. The minimum absolute atomic E-state index is 0.0396. The van der Waals surface area contributed by atoms with Crippen LogP contribution < -0.4 is 10.1 Å². The Morgan fingerprint density at radius 2 is 2.17 bits per heavy atom. The van der Waals surface area contributed by atoms with E-state index < -0.39 is 5.82 Å². The first-order valence-corrected chi connectivity index (χ1v) is 5.80.